The zero-order valence-electron chi connectivity index (χ0n) is 19.3. The molecule has 3 fully saturated rings. The number of carbonyl (C=O) groups is 2. The van der Waals surface area contributed by atoms with Crippen LogP contribution < -0.4 is 11.1 Å². The van der Waals surface area contributed by atoms with Gasteiger partial charge in [0.2, 0.25) is 6.41 Å². The minimum absolute atomic E-state index is 0.0354. The van der Waals surface area contributed by atoms with Crippen LogP contribution in [0.2, 0.25) is 5.02 Å². The molecular formula is C24H31ClN6O3. The summed E-state index contributed by atoms with van der Waals surface area (Å²) in [6, 6.07) is 9.61. The number of ether oxygens (including phenoxy) is 1. The summed E-state index contributed by atoms with van der Waals surface area (Å²) in [6.07, 6.45) is 7.38. The van der Waals surface area contributed by atoms with Crippen molar-refractivity contribution < 1.29 is 14.3 Å². The van der Waals surface area contributed by atoms with Crippen molar-refractivity contribution in [3.63, 3.8) is 0 Å². The molecule has 1 aromatic heterocycles. The molecule has 9 nitrogen and oxygen atoms in total. The first-order valence-corrected chi connectivity index (χ1v) is 11.7. The first kappa shape index (κ1) is 25.7. The van der Waals surface area contributed by atoms with Gasteiger partial charge in [-0.15, -0.1) is 0 Å². The Labute approximate surface area is 204 Å². The SMILES string of the molecule is CN.N#CC1CCCCC1n1cc(C=O)c(Nc2ccc(Cl)cc2)n1.O=CN1CC2(COC2)C1. The molecule has 0 radical (unpaired) electrons. The number of hydrogen-bond donors (Lipinski definition) is 2. The molecule has 2 aliphatic heterocycles. The summed E-state index contributed by atoms with van der Waals surface area (Å²) in [6.45, 7) is 3.54. The van der Waals surface area contributed by atoms with E-state index in [9.17, 15) is 14.9 Å². The third kappa shape index (κ3) is 5.95. The van der Waals surface area contributed by atoms with Crippen molar-refractivity contribution in [2.75, 3.05) is 38.7 Å². The highest BCUT2D eigenvalue weighted by Gasteiger charge is 2.48. The molecule has 182 valence electrons. The first-order valence-electron chi connectivity index (χ1n) is 11.4. The van der Waals surface area contributed by atoms with Crippen molar-refractivity contribution in [2.45, 2.75) is 31.7 Å². The fraction of sp³-hybridized carbons (Fsp3) is 0.500. The van der Waals surface area contributed by atoms with E-state index in [2.05, 4.69) is 22.2 Å². The number of halogens is 1. The third-order valence-corrected chi connectivity index (χ3v) is 6.52. The molecule has 0 bridgehead atoms. The Kier molecular flexibility index (Phi) is 9.05. The van der Waals surface area contributed by atoms with Gasteiger partial charge in [-0.2, -0.15) is 10.4 Å². The van der Waals surface area contributed by atoms with Gasteiger partial charge in [0.05, 0.1) is 42.2 Å². The van der Waals surface area contributed by atoms with Gasteiger partial charge in [-0.1, -0.05) is 24.4 Å². The van der Waals surface area contributed by atoms with Gasteiger partial charge in [0.25, 0.3) is 0 Å². The lowest BCUT2D eigenvalue weighted by Gasteiger charge is -2.53. The predicted molar refractivity (Wildman–Crippen MR) is 130 cm³/mol. The molecule has 3 aliphatic rings. The summed E-state index contributed by atoms with van der Waals surface area (Å²) in [7, 11) is 1.50. The molecule has 1 saturated carbocycles. The van der Waals surface area contributed by atoms with Crippen LogP contribution in [0.4, 0.5) is 11.5 Å². The largest absolute Gasteiger partial charge is 0.380 e. The van der Waals surface area contributed by atoms with Crippen LogP contribution in [0.5, 0.6) is 0 Å². The number of amides is 1. The van der Waals surface area contributed by atoms with Crippen molar-refractivity contribution in [1.29, 1.82) is 5.26 Å². The number of aldehydes is 1. The van der Waals surface area contributed by atoms with E-state index in [4.69, 9.17) is 16.3 Å². The normalized spacial score (nSPS) is 21.9. The van der Waals surface area contributed by atoms with Gasteiger partial charge >= 0.3 is 0 Å². The number of carbonyl (C=O) groups excluding carboxylic acids is 2. The monoisotopic (exact) mass is 486 g/mol. The Morgan fingerprint density at radius 2 is 1.88 bits per heavy atom. The molecular weight excluding hydrogens is 456 g/mol. The Morgan fingerprint density at radius 3 is 2.44 bits per heavy atom. The maximum absolute atomic E-state index is 11.3. The Hall–Kier alpha value is -2.93. The highest BCUT2D eigenvalue weighted by molar-refractivity contribution is 6.30. The van der Waals surface area contributed by atoms with Crippen LogP contribution in [0.1, 0.15) is 42.1 Å². The van der Waals surface area contributed by atoms with Crippen LogP contribution in [-0.4, -0.2) is 60.7 Å². The molecule has 2 unspecified atom stereocenters. The number of nitrogens with two attached hydrogens (primary N) is 1. The molecule has 3 N–H and O–H groups in total. The molecule has 2 aromatic rings. The van der Waals surface area contributed by atoms with E-state index in [0.29, 0.717) is 21.8 Å². The number of hydrogen-bond acceptors (Lipinski definition) is 7. The van der Waals surface area contributed by atoms with Crippen LogP contribution in [0, 0.1) is 22.7 Å². The number of nitrogens with one attached hydrogen (secondary N) is 1. The third-order valence-electron chi connectivity index (χ3n) is 6.27. The van der Waals surface area contributed by atoms with Crippen LogP contribution in [0.25, 0.3) is 0 Å². The lowest BCUT2D eigenvalue weighted by Crippen LogP contribution is -2.65. The van der Waals surface area contributed by atoms with Crippen molar-refractivity contribution >= 4 is 35.8 Å². The maximum atomic E-state index is 11.3. The summed E-state index contributed by atoms with van der Waals surface area (Å²) in [5.74, 6) is 0.455. The molecule has 3 heterocycles. The summed E-state index contributed by atoms with van der Waals surface area (Å²) in [5.41, 5.74) is 6.19. The average molecular weight is 487 g/mol. The Balaban J connectivity index is 0.000000243. The minimum atomic E-state index is -0.0495. The number of likely N-dealkylation sites (tertiary alicyclic amines) is 1. The number of rotatable bonds is 5. The van der Waals surface area contributed by atoms with Crippen molar-refractivity contribution in [2.24, 2.45) is 17.1 Å². The summed E-state index contributed by atoms with van der Waals surface area (Å²) >= 11 is 5.88. The van der Waals surface area contributed by atoms with Crippen LogP contribution in [0.15, 0.2) is 30.5 Å². The minimum Gasteiger partial charge on any atom is -0.380 e. The standard InChI is InChI=1S/C17H17ClN4O.C6H9NO2.CH5N/c18-14-5-7-15(8-6-14)20-17-13(11-23)10-22(21-17)16-4-2-1-3-12(16)9-19;8-5-7-1-6(2-7)3-9-4-6;1-2/h5-8,10-12,16H,1-4H2,(H,20,21);5H,1-4H2;2H2,1H3. The molecule has 34 heavy (non-hydrogen) atoms. The van der Waals surface area contributed by atoms with E-state index >= 15 is 0 Å². The molecule has 2 saturated heterocycles. The van der Waals surface area contributed by atoms with E-state index < -0.39 is 0 Å². The summed E-state index contributed by atoms with van der Waals surface area (Å²) in [5, 5.41) is 17.6. The zero-order chi connectivity index (χ0) is 24.6. The van der Waals surface area contributed by atoms with Gasteiger partial charge in [0, 0.05) is 30.0 Å². The van der Waals surface area contributed by atoms with Crippen molar-refractivity contribution in [1.82, 2.24) is 14.7 Å². The highest BCUT2D eigenvalue weighted by atomic mass is 35.5. The lowest BCUT2D eigenvalue weighted by atomic mass is 9.78. The topological polar surface area (TPSA) is 126 Å². The molecule has 1 amide bonds. The van der Waals surface area contributed by atoms with E-state index in [1.165, 1.54) is 7.05 Å². The van der Waals surface area contributed by atoms with Crippen molar-refractivity contribution in [3.05, 3.63) is 41.0 Å². The number of benzene rings is 1. The van der Waals surface area contributed by atoms with Gasteiger partial charge < -0.3 is 20.7 Å². The molecule has 1 aromatic carbocycles. The number of nitriles is 1. The van der Waals surface area contributed by atoms with E-state index in [1.807, 2.05) is 12.1 Å². The first-order chi connectivity index (χ1) is 16.6. The van der Waals surface area contributed by atoms with Gasteiger partial charge in [0.15, 0.2) is 12.1 Å². The number of aromatic nitrogens is 2. The van der Waals surface area contributed by atoms with Gasteiger partial charge in [-0.3, -0.25) is 14.3 Å². The van der Waals surface area contributed by atoms with Crippen LogP contribution in [-0.2, 0) is 9.53 Å². The van der Waals surface area contributed by atoms with E-state index in [0.717, 1.165) is 70.4 Å². The van der Waals surface area contributed by atoms with E-state index in [-0.39, 0.29) is 12.0 Å². The zero-order valence-corrected chi connectivity index (χ0v) is 20.1. The second-order valence-electron chi connectivity index (χ2n) is 8.75. The fourth-order valence-electron chi connectivity index (χ4n) is 4.47. The van der Waals surface area contributed by atoms with Crippen molar-refractivity contribution in [3.8, 4) is 6.07 Å². The smallest absolute Gasteiger partial charge is 0.209 e. The van der Waals surface area contributed by atoms with E-state index in [1.54, 1.807) is 27.9 Å². The molecule has 1 spiro atoms. The Morgan fingerprint density at radius 1 is 1.21 bits per heavy atom. The molecule has 2 atom stereocenters. The molecule has 1 aliphatic carbocycles. The maximum Gasteiger partial charge on any atom is 0.209 e. The lowest BCUT2D eigenvalue weighted by molar-refractivity contribution is -0.188. The Bertz CT molecular complexity index is 991. The quantitative estimate of drug-likeness (QED) is 0.620. The summed E-state index contributed by atoms with van der Waals surface area (Å²) in [4.78, 5) is 23.2. The fourth-order valence-corrected chi connectivity index (χ4v) is 4.60. The van der Waals surface area contributed by atoms with Gasteiger partial charge in [-0.05, 0) is 44.2 Å². The van der Waals surface area contributed by atoms with Crippen LogP contribution in [0.3, 0.4) is 0 Å². The van der Waals surface area contributed by atoms with Crippen LogP contribution >= 0.6 is 11.6 Å². The molecule has 10 heteroatoms. The highest BCUT2D eigenvalue weighted by Crippen LogP contribution is 2.36. The second kappa shape index (κ2) is 12.0. The number of nitrogens with zero attached hydrogens (tertiary/aromatic N) is 4. The summed E-state index contributed by atoms with van der Waals surface area (Å²) < 4.78 is 6.80. The predicted octanol–water partition coefficient (Wildman–Crippen LogP) is 3.40. The molecule has 5 rings (SSSR count). The van der Waals surface area contributed by atoms with Gasteiger partial charge in [0.1, 0.15) is 0 Å². The average Bonchev–Trinajstić information content (AvgIpc) is 3.23. The van der Waals surface area contributed by atoms with Gasteiger partial charge in [-0.25, -0.2) is 0 Å². The number of anilines is 2. The second-order valence-corrected chi connectivity index (χ2v) is 9.19.